The van der Waals surface area contributed by atoms with E-state index in [1.54, 1.807) is 49.6 Å². The van der Waals surface area contributed by atoms with Crippen molar-refractivity contribution in [2.45, 2.75) is 25.2 Å². The quantitative estimate of drug-likeness (QED) is 0.264. The predicted molar refractivity (Wildman–Crippen MR) is 150 cm³/mol. The number of sulfonamides is 1. The molecule has 0 heterocycles. The summed E-state index contributed by atoms with van der Waals surface area (Å²) in [7, 11) is 1.78. The molecule has 0 aliphatic carbocycles. The first kappa shape index (κ1) is 29.3. The Balaban J connectivity index is 1.98. The fourth-order valence-electron chi connectivity index (χ4n) is 3.79. The highest BCUT2D eigenvalue weighted by molar-refractivity contribution is 7.92. The molecule has 208 valence electrons. The van der Waals surface area contributed by atoms with Crippen LogP contribution in [0.15, 0.2) is 70.7 Å². The number of carbonyl (C=O) groups is 1. The van der Waals surface area contributed by atoms with Crippen LogP contribution in [0.3, 0.4) is 0 Å². The van der Waals surface area contributed by atoms with Crippen molar-refractivity contribution in [3.8, 4) is 23.0 Å². The van der Waals surface area contributed by atoms with Gasteiger partial charge in [-0.3, -0.25) is 9.10 Å². The van der Waals surface area contributed by atoms with Crippen LogP contribution in [0, 0.1) is 6.92 Å². The van der Waals surface area contributed by atoms with Crippen molar-refractivity contribution >= 4 is 27.3 Å². The zero-order chi connectivity index (χ0) is 28.6. The van der Waals surface area contributed by atoms with Crippen molar-refractivity contribution in [1.82, 2.24) is 5.43 Å². The summed E-state index contributed by atoms with van der Waals surface area (Å²) in [6.45, 7) is 3.18. The lowest BCUT2D eigenvalue weighted by atomic mass is 10.1. The minimum absolute atomic E-state index is 0.0221. The van der Waals surface area contributed by atoms with E-state index in [1.807, 2.05) is 13.8 Å². The van der Waals surface area contributed by atoms with E-state index in [-0.39, 0.29) is 16.3 Å². The molecule has 0 aromatic heterocycles. The number of rotatable bonds is 12. The molecule has 0 unspecified atom stereocenters. The average Bonchev–Trinajstić information content (AvgIpc) is 2.95. The van der Waals surface area contributed by atoms with Crippen molar-refractivity contribution in [3.63, 3.8) is 0 Å². The summed E-state index contributed by atoms with van der Waals surface area (Å²) in [5.74, 6) is 1.08. The van der Waals surface area contributed by atoms with Gasteiger partial charge < -0.3 is 18.9 Å². The number of hydrazone groups is 1. The molecule has 1 N–H and O–H groups in total. The highest BCUT2D eigenvalue weighted by atomic mass is 32.2. The van der Waals surface area contributed by atoms with E-state index in [1.165, 1.54) is 39.5 Å². The largest absolute Gasteiger partial charge is 0.497 e. The Labute approximate surface area is 229 Å². The lowest BCUT2D eigenvalue weighted by molar-refractivity contribution is -0.119. The number of ether oxygens (including phenoxy) is 4. The van der Waals surface area contributed by atoms with Crippen LogP contribution in [0.25, 0.3) is 0 Å². The van der Waals surface area contributed by atoms with Crippen LogP contribution in [-0.2, 0) is 14.8 Å². The molecule has 0 aliphatic heterocycles. The molecule has 0 saturated carbocycles. The summed E-state index contributed by atoms with van der Waals surface area (Å²) in [5, 5.41) is 4.28. The van der Waals surface area contributed by atoms with Gasteiger partial charge in [-0.25, -0.2) is 13.8 Å². The Bertz CT molecular complexity index is 1440. The molecule has 0 radical (unpaired) electrons. The Morgan fingerprint density at radius 2 is 1.49 bits per heavy atom. The highest BCUT2D eigenvalue weighted by Gasteiger charge is 2.30. The first-order valence-corrected chi connectivity index (χ1v) is 13.5. The summed E-state index contributed by atoms with van der Waals surface area (Å²) >= 11 is 0. The molecule has 0 aliphatic rings. The molecule has 0 bridgehead atoms. The van der Waals surface area contributed by atoms with Gasteiger partial charge in [0.25, 0.3) is 15.9 Å². The SMILES string of the molecule is CC/C(=N/NC(=O)CN(c1cc(OC)ccc1OC)S(=O)(=O)c1ccc(C)cc1)c1ccc(OC)c(OC)c1. The number of nitrogens with zero attached hydrogens (tertiary/aromatic N) is 2. The number of methoxy groups -OCH3 is 4. The molecule has 39 heavy (non-hydrogen) atoms. The van der Waals surface area contributed by atoms with E-state index in [0.29, 0.717) is 34.9 Å². The fraction of sp³-hybridized carbons (Fsp3) is 0.286. The highest BCUT2D eigenvalue weighted by Crippen LogP contribution is 2.35. The number of anilines is 1. The van der Waals surface area contributed by atoms with E-state index < -0.39 is 22.5 Å². The Kier molecular flexibility index (Phi) is 9.78. The number of hydrogen-bond acceptors (Lipinski definition) is 8. The van der Waals surface area contributed by atoms with E-state index in [0.717, 1.165) is 9.87 Å². The van der Waals surface area contributed by atoms with Crippen molar-refractivity contribution in [1.29, 1.82) is 0 Å². The van der Waals surface area contributed by atoms with E-state index in [4.69, 9.17) is 18.9 Å². The number of hydrogen-bond donors (Lipinski definition) is 1. The summed E-state index contributed by atoms with van der Waals surface area (Å²) in [6, 6.07) is 16.4. The zero-order valence-corrected chi connectivity index (χ0v) is 23.7. The summed E-state index contributed by atoms with van der Waals surface area (Å²) in [5.41, 5.74) is 4.82. The summed E-state index contributed by atoms with van der Waals surface area (Å²) < 4.78 is 49.9. The molecule has 0 saturated heterocycles. The van der Waals surface area contributed by atoms with Crippen LogP contribution in [-0.4, -0.2) is 55.0 Å². The van der Waals surface area contributed by atoms with Crippen LogP contribution < -0.4 is 28.7 Å². The molecule has 3 rings (SSSR count). The van der Waals surface area contributed by atoms with Crippen LogP contribution in [0.5, 0.6) is 23.0 Å². The second-order valence-corrected chi connectivity index (χ2v) is 10.2. The van der Waals surface area contributed by atoms with Crippen molar-refractivity contribution < 1.29 is 32.2 Å². The normalized spacial score (nSPS) is 11.5. The summed E-state index contributed by atoms with van der Waals surface area (Å²) in [6.07, 6.45) is 0.491. The molecule has 10 nitrogen and oxygen atoms in total. The third-order valence-corrected chi connectivity index (χ3v) is 7.69. The molecule has 0 fully saturated rings. The molecule has 1 amide bonds. The maximum absolute atomic E-state index is 13.8. The standard InChI is InChI=1S/C28H33N3O7S/c1-7-23(20-10-14-26(37-5)27(16-20)38-6)29-30-28(32)18-31(24-17-21(35-3)11-15-25(24)36-4)39(33,34)22-12-8-19(2)9-13-22/h8-17H,7,18H2,1-6H3,(H,30,32)/b29-23-. The molecule has 3 aromatic carbocycles. The first-order chi connectivity index (χ1) is 18.7. The molecular formula is C28H33N3O7S. The van der Waals surface area contributed by atoms with Gasteiger partial charge in [0, 0.05) is 11.6 Å². The van der Waals surface area contributed by atoms with Gasteiger partial charge in [-0.15, -0.1) is 0 Å². The minimum Gasteiger partial charge on any atom is -0.497 e. The topological polar surface area (TPSA) is 116 Å². The van der Waals surface area contributed by atoms with Crippen LogP contribution in [0.4, 0.5) is 5.69 Å². The lowest BCUT2D eigenvalue weighted by Gasteiger charge is -2.25. The van der Waals surface area contributed by atoms with Gasteiger partial charge in [-0.05, 0) is 55.8 Å². The Hall–Kier alpha value is -4.25. The lowest BCUT2D eigenvalue weighted by Crippen LogP contribution is -2.40. The molecule has 3 aromatic rings. The minimum atomic E-state index is -4.18. The second kappa shape index (κ2) is 13.0. The van der Waals surface area contributed by atoms with Gasteiger partial charge in [-0.1, -0.05) is 24.6 Å². The van der Waals surface area contributed by atoms with E-state index in [9.17, 15) is 13.2 Å². The maximum atomic E-state index is 13.8. The number of aryl methyl sites for hydroxylation is 1. The van der Waals surface area contributed by atoms with Crippen molar-refractivity contribution in [2.24, 2.45) is 5.10 Å². The fourth-order valence-corrected chi connectivity index (χ4v) is 5.21. The Morgan fingerprint density at radius 3 is 2.08 bits per heavy atom. The van der Waals surface area contributed by atoms with Gasteiger partial charge in [0.05, 0.1) is 44.7 Å². The van der Waals surface area contributed by atoms with E-state index >= 15 is 0 Å². The van der Waals surface area contributed by atoms with Gasteiger partial charge in [0.15, 0.2) is 11.5 Å². The number of amides is 1. The van der Waals surface area contributed by atoms with Gasteiger partial charge >= 0.3 is 0 Å². The van der Waals surface area contributed by atoms with Gasteiger partial charge in [0.1, 0.15) is 18.0 Å². The van der Waals surface area contributed by atoms with Gasteiger partial charge in [0.2, 0.25) is 0 Å². The number of nitrogens with one attached hydrogen (secondary N) is 1. The van der Waals surface area contributed by atoms with Gasteiger partial charge in [-0.2, -0.15) is 5.10 Å². The average molecular weight is 556 g/mol. The smallest absolute Gasteiger partial charge is 0.264 e. The zero-order valence-electron chi connectivity index (χ0n) is 22.8. The third-order valence-electron chi connectivity index (χ3n) is 5.92. The van der Waals surface area contributed by atoms with Crippen molar-refractivity contribution in [3.05, 3.63) is 71.8 Å². The first-order valence-electron chi connectivity index (χ1n) is 12.1. The monoisotopic (exact) mass is 555 g/mol. The maximum Gasteiger partial charge on any atom is 0.264 e. The molecule has 0 spiro atoms. The van der Waals surface area contributed by atoms with Crippen LogP contribution in [0.1, 0.15) is 24.5 Å². The molecule has 0 atom stereocenters. The van der Waals surface area contributed by atoms with Crippen LogP contribution in [0.2, 0.25) is 0 Å². The molecular weight excluding hydrogens is 522 g/mol. The third kappa shape index (κ3) is 6.80. The van der Waals surface area contributed by atoms with Crippen LogP contribution >= 0.6 is 0 Å². The summed E-state index contributed by atoms with van der Waals surface area (Å²) in [4.78, 5) is 13.2. The predicted octanol–water partition coefficient (Wildman–Crippen LogP) is 4.16. The number of carbonyl (C=O) groups excluding carboxylic acids is 1. The molecule has 11 heteroatoms. The van der Waals surface area contributed by atoms with Crippen molar-refractivity contribution in [2.75, 3.05) is 39.3 Å². The number of benzene rings is 3. The van der Waals surface area contributed by atoms with E-state index in [2.05, 4.69) is 10.5 Å². The second-order valence-electron chi connectivity index (χ2n) is 8.38. The Morgan fingerprint density at radius 1 is 0.846 bits per heavy atom.